The molecule has 0 aromatic rings. The molecule has 0 rings (SSSR count). The lowest BCUT2D eigenvalue weighted by Crippen LogP contribution is -2.07. The van der Waals surface area contributed by atoms with Crippen LogP contribution in [-0.2, 0) is 4.84 Å². The largest absolute Gasteiger partial charge is 0.419 e. The molecule has 0 aliphatic rings. The maximum Gasteiger partial charge on any atom is 0.111 e. The molecule has 1 atom stereocenters. The third-order valence-electron chi connectivity index (χ3n) is 2.02. The second-order valence-electron chi connectivity index (χ2n) is 3.16. The van der Waals surface area contributed by atoms with Gasteiger partial charge in [0.15, 0.2) is 0 Å². The van der Waals surface area contributed by atoms with Gasteiger partial charge in [-0.05, 0) is 17.9 Å². The first kappa shape index (κ1) is 11.2. The molecule has 0 saturated heterocycles. The van der Waals surface area contributed by atoms with Crippen molar-refractivity contribution in [1.29, 1.82) is 0 Å². The van der Waals surface area contributed by atoms with Gasteiger partial charge in [0.2, 0.25) is 0 Å². The van der Waals surface area contributed by atoms with Gasteiger partial charge in [0.25, 0.3) is 0 Å². The van der Waals surface area contributed by atoms with E-state index in [9.17, 15) is 0 Å². The van der Waals surface area contributed by atoms with Crippen LogP contribution >= 0.6 is 0 Å². The maximum absolute atomic E-state index is 5.00. The van der Waals surface area contributed by atoms with Crippen LogP contribution in [0.3, 0.4) is 0 Å². The van der Waals surface area contributed by atoms with Crippen molar-refractivity contribution in [2.24, 2.45) is 17.7 Å². The third kappa shape index (κ3) is 3.09. The van der Waals surface area contributed by atoms with Gasteiger partial charge in [-0.25, -0.2) is 0 Å². The van der Waals surface area contributed by atoms with Gasteiger partial charge in [-0.3, -0.25) is 0 Å². The van der Waals surface area contributed by atoms with Crippen LogP contribution in [-0.4, -0.2) is 0 Å². The van der Waals surface area contributed by atoms with E-state index in [2.05, 4.69) is 32.2 Å². The Kier molecular flexibility index (Phi) is 5.47. The second-order valence-corrected chi connectivity index (χ2v) is 3.16. The van der Waals surface area contributed by atoms with E-state index in [1.807, 2.05) is 6.08 Å². The molecule has 0 heterocycles. The SMILES string of the molecule is C=CC(CC)/C(=C\ON)C(C)C. The first-order valence-corrected chi connectivity index (χ1v) is 4.35. The molecule has 1 unspecified atom stereocenters. The summed E-state index contributed by atoms with van der Waals surface area (Å²) < 4.78 is 0. The van der Waals surface area contributed by atoms with Gasteiger partial charge >= 0.3 is 0 Å². The van der Waals surface area contributed by atoms with E-state index in [1.54, 1.807) is 6.26 Å². The number of nitrogens with two attached hydrogens (primary N) is 1. The summed E-state index contributed by atoms with van der Waals surface area (Å²) >= 11 is 0. The fraction of sp³-hybridized carbons (Fsp3) is 0.600. The van der Waals surface area contributed by atoms with Gasteiger partial charge in [-0.2, -0.15) is 5.90 Å². The summed E-state index contributed by atoms with van der Waals surface area (Å²) in [6.07, 6.45) is 4.60. The molecular weight excluding hydrogens is 150 g/mol. The predicted molar refractivity (Wildman–Crippen MR) is 52.2 cm³/mol. The average molecular weight is 169 g/mol. The fourth-order valence-corrected chi connectivity index (χ4v) is 1.27. The van der Waals surface area contributed by atoms with Gasteiger partial charge in [0.1, 0.15) is 6.26 Å². The van der Waals surface area contributed by atoms with Crippen molar-refractivity contribution in [3.63, 3.8) is 0 Å². The molecule has 0 bridgehead atoms. The summed E-state index contributed by atoms with van der Waals surface area (Å²) in [7, 11) is 0. The molecule has 0 radical (unpaired) electrons. The summed E-state index contributed by atoms with van der Waals surface area (Å²) in [6.45, 7) is 10.1. The second kappa shape index (κ2) is 5.84. The molecule has 0 saturated carbocycles. The van der Waals surface area contributed by atoms with Gasteiger partial charge in [-0.15, -0.1) is 6.58 Å². The van der Waals surface area contributed by atoms with Crippen LogP contribution in [0.15, 0.2) is 24.5 Å². The zero-order chi connectivity index (χ0) is 9.56. The van der Waals surface area contributed by atoms with Crippen LogP contribution in [0.2, 0.25) is 0 Å². The summed E-state index contributed by atoms with van der Waals surface area (Å²) in [5.41, 5.74) is 1.20. The highest BCUT2D eigenvalue weighted by Gasteiger charge is 2.12. The molecule has 0 aliphatic heterocycles. The van der Waals surface area contributed by atoms with Crippen molar-refractivity contribution in [2.45, 2.75) is 27.2 Å². The van der Waals surface area contributed by atoms with Gasteiger partial charge in [0, 0.05) is 5.92 Å². The third-order valence-corrected chi connectivity index (χ3v) is 2.02. The highest BCUT2D eigenvalue weighted by Crippen LogP contribution is 2.23. The Hall–Kier alpha value is -0.760. The van der Waals surface area contributed by atoms with Crippen molar-refractivity contribution in [1.82, 2.24) is 0 Å². The first-order chi connectivity index (χ1) is 5.67. The Morgan fingerprint density at radius 3 is 2.42 bits per heavy atom. The Labute approximate surface area is 75.1 Å². The van der Waals surface area contributed by atoms with Crippen molar-refractivity contribution in [3.8, 4) is 0 Å². The first-order valence-electron chi connectivity index (χ1n) is 4.35. The Bertz CT molecular complexity index is 161. The molecule has 70 valence electrons. The van der Waals surface area contributed by atoms with Crippen LogP contribution in [0.5, 0.6) is 0 Å². The summed E-state index contributed by atoms with van der Waals surface area (Å²) in [6, 6.07) is 0. The minimum atomic E-state index is 0.383. The Morgan fingerprint density at radius 2 is 2.17 bits per heavy atom. The highest BCUT2D eigenvalue weighted by molar-refractivity contribution is 5.11. The normalized spacial score (nSPS) is 14.6. The molecule has 2 nitrogen and oxygen atoms in total. The molecule has 0 fully saturated rings. The van der Waals surface area contributed by atoms with Gasteiger partial charge < -0.3 is 4.84 Å². The molecule has 12 heavy (non-hydrogen) atoms. The van der Waals surface area contributed by atoms with E-state index in [4.69, 9.17) is 5.90 Å². The lowest BCUT2D eigenvalue weighted by molar-refractivity contribution is 0.252. The summed E-state index contributed by atoms with van der Waals surface area (Å²) in [4.78, 5) is 4.54. The predicted octanol–water partition coefficient (Wildman–Crippen LogP) is 2.63. The lowest BCUT2D eigenvalue weighted by atomic mass is 9.89. The van der Waals surface area contributed by atoms with Crippen LogP contribution in [0, 0.1) is 11.8 Å². The highest BCUT2D eigenvalue weighted by atomic mass is 16.6. The van der Waals surface area contributed by atoms with Crippen molar-refractivity contribution in [3.05, 3.63) is 24.5 Å². The van der Waals surface area contributed by atoms with Crippen LogP contribution in [0.4, 0.5) is 0 Å². The van der Waals surface area contributed by atoms with Crippen LogP contribution in [0.25, 0.3) is 0 Å². The quantitative estimate of drug-likeness (QED) is 0.390. The van der Waals surface area contributed by atoms with Gasteiger partial charge in [-0.1, -0.05) is 26.8 Å². The van der Waals surface area contributed by atoms with Crippen LogP contribution in [0.1, 0.15) is 27.2 Å². The molecule has 0 amide bonds. The molecule has 0 aromatic heterocycles. The summed E-state index contributed by atoms with van der Waals surface area (Å²) in [5, 5.41) is 0. The fourth-order valence-electron chi connectivity index (χ4n) is 1.27. The molecule has 0 aromatic carbocycles. The standard InChI is InChI=1S/C10H19NO/c1-5-9(6-2)10(7-12-11)8(3)4/h5,7-9H,1,6,11H2,2-4H3/b10-7-. The molecule has 2 N–H and O–H groups in total. The monoisotopic (exact) mass is 169 g/mol. The summed E-state index contributed by atoms with van der Waals surface area (Å²) in [5.74, 6) is 5.84. The van der Waals surface area contributed by atoms with E-state index < -0.39 is 0 Å². The minimum absolute atomic E-state index is 0.383. The minimum Gasteiger partial charge on any atom is -0.419 e. The van der Waals surface area contributed by atoms with Crippen LogP contribution < -0.4 is 5.90 Å². The average Bonchev–Trinajstić information content (AvgIpc) is 2.05. The Morgan fingerprint density at radius 1 is 1.58 bits per heavy atom. The zero-order valence-electron chi connectivity index (χ0n) is 8.21. The van der Waals surface area contributed by atoms with E-state index >= 15 is 0 Å². The lowest BCUT2D eigenvalue weighted by Gasteiger charge is -2.17. The smallest absolute Gasteiger partial charge is 0.111 e. The van der Waals surface area contributed by atoms with Crippen molar-refractivity contribution >= 4 is 0 Å². The molecule has 0 aliphatic carbocycles. The molecule has 2 heteroatoms. The number of allylic oxidation sites excluding steroid dienone is 2. The number of hydrogen-bond acceptors (Lipinski definition) is 2. The van der Waals surface area contributed by atoms with E-state index in [0.717, 1.165) is 6.42 Å². The maximum atomic E-state index is 5.00. The topological polar surface area (TPSA) is 35.2 Å². The number of rotatable bonds is 5. The Balaban J connectivity index is 4.47. The van der Waals surface area contributed by atoms with Gasteiger partial charge in [0.05, 0.1) is 0 Å². The van der Waals surface area contributed by atoms with E-state index in [1.165, 1.54) is 5.57 Å². The van der Waals surface area contributed by atoms with E-state index in [0.29, 0.717) is 11.8 Å². The number of hydrogen-bond donors (Lipinski definition) is 1. The van der Waals surface area contributed by atoms with E-state index in [-0.39, 0.29) is 0 Å². The molecule has 0 spiro atoms. The van der Waals surface area contributed by atoms with Crippen molar-refractivity contribution in [2.75, 3.05) is 0 Å². The van der Waals surface area contributed by atoms with Crippen molar-refractivity contribution < 1.29 is 4.84 Å². The zero-order valence-corrected chi connectivity index (χ0v) is 8.21. The molecular formula is C10H19NO.